The summed E-state index contributed by atoms with van der Waals surface area (Å²) in [5, 5.41) is 3.53. The maximum absolute atomic E-state index is 11.2. The van der Waals surface area contributed by atoms with Crippen LogP contribution in [0.4, 0.5) is 5.69 Å². The van der Waals surface area contributed by atoms with Crippen LogP contribution in [-0.4, -0.2) is 16.0 Å². The minimum atomic E-state index is -0.153. The second kappa shape index (κ2) is 5.76. The topological polar surface area (TPSA) is 60.7 Å². The highest BCUT2D eigenvalue weighted by atomic mass is 16.1. The molecule has 4 nitrogen and oxygen atoms in total. The van der Waals surface area contributed by atoms with E-state index in [0.717, 1.165) is 23.1 Å². The normalized spacial score (nSPS) is 12.8. The number of hydrogen-bond donors (Lipinski definition) is 3. The fourth-order valence-corrected chi connectivity index (χ4v) is 2.19. The van der Waals surface area contributed by atoms with E-state index in [-0.39, 0.29) is 5.69 Å². The highest BCUT2D eigenvalue weighted by Crippen LogP contribution is 2.17. The molecule has 3 N–H and O–H groups in total. The van der Waals surface area contributed by atoms with Crippen molar-refractivity contribution >= 4 is 16.7 Å². The molecule has 1 atom stereocenters. The molecule has 0 fully saturated rings. The van der Waals surface area contributed by atoms with Crippen molar-refractivity contribution in [1.82, 2.24) is 9.97 Å². The third kappa shape index (κ3) is 2.94. The lowest BCUT2D eigenvalue weighted by Gasteiger charge is -2.17. The Morgan fingerprint density at radius 2 is 2.00 bits per heavy atom. The van der Waals surface area contributed by atoms with Crippen LogP contribution in [-0.2, 0) is 0 Å². The quantitative estimate of drug-likeness (QED) is 0.734. The average Bonchev–Trinajstić information content (AvgIpc) is 2.73. The van der Waals surface area contributed by atoms with Gasteiger partial charge in [-0.2, -0.15) is 0 Å². The summed E-state index contributed by atoms with van der Waals surface area (Å²) in [6, 6.07) is 6.44. The standard InChI is InChI=1S/C14H21N3O/c1-3-5-6-10(4-2)15-11-7-8-12-13(9-11)17-14(18)16-12/h7-10,15H,3-6H2,1-2H3,(H2,16,17,18). The molecule has 0 radical (unpaired) electrons. The molecule has 0 aliphatic carbocycles. The molecule has 0 aliphatic heterocycles. The van der Waals surface area contributed by atoms with Crippen molar-refractivity contribution in [2.45, 2.75) is 45.6 Å². The van der Waals surface area contributed by atoms with Gasteiger partial charge in [-0.25, -0.2) is 4.79 Å². The van der Waals surface area contributed by atoms with Crippen molar-refractivity contribution in [2.24, 2.45) is 0 Å². The van der Waals surface area contributed by atoms with Crippen LogP contribution in [0.2, 0.25) is 0 Å². The monoisotopic (exact) mass is 247 g/mol. The number of hydrogen-bond acceptors (Lipinski definition) is 2. The molecule has 0 spiro atoms. The Bertz CT molecular complexity index is 555. The van der Waals surface area contributed by atoms with Crippen LogP contribution in [0.5, 0.6) is 0 Å². The van der Waals surface area contributed by atoms with Crippen LogP contribution in [0.3, 0.4) is 0 Å². The van der Waals surface area contributed by atoms with E-state index < -0.39 is 0 Å². The molecule has 0 amide bonds. The molecule has 18 heavy (non-hydrogen) atoms. The van der Waals surface area contributed by atoms with Crippen molar-refractivity contribution in [3.05, 3.63) is 28.7 Å². The van der Waals surface area contributed by atoms with Gasteiger partial charge in [0, 0.05) is 11.7 Å². The van der Waals surface area contributed by atoms with E-state index >= 15 is 0 Å². The summed E-state index contributed by atoms with van der Waals surface area (Å²) in [7, 11) is 0. The van der Waals surface area contributed by atoms with Crippen molar-refractivity contribution in [3.63, 3.8) is 0 Å². The van der Waals surface area contributed by atoms with Crippen LogP contribution < -0.4 is 11.0 Å². The summed E-state index contributed by atoms with van der Waals surface area (Å²) < 4.78 is 0. The first-order chi connectivity index (χ1) is 8.72. The van der Waals surface area contributed by atoms with Gasteiger partial charge in [-0.1, -0.05) is 26.7 Å². The highest BCUT2D eigenvalue weighted by Gasteiger charge is 2.06. The second-order valence-electron chi connectivity index (χ2n) is 4.73. The Kier molecular flexibility index (Phi) is 4.07. The molecule has 1 aromatic carbocycles. The van der Waals surface area contributed by atoms with E-state index in [4.69, 9.17) is 0 Å². The molecule has 2 aromatic rings. The number of aromatic amines is 2. The number of imidazole rings is 1. The van der Waals surface area contributed by atoms with E-state index in [1.807, 2.05) is 18.2 Å². The van der Waals surface area contributed by atoms with Crippen molar-refractivity contribution in [2.75, 3.05) is 5.32 Å². The Labute approximate surface area is 107 Å². The number of fused-ring (bicyclic) bond motifs is 1. The molecule has 4 heteroatoms. The number of rotatable bonds is 6. The number of H-pyrrole nitrogens is 2. The number of aromatic nitrogens is 2. The Hall–Kier alpha value is -1.71. The summed E-state index contributed by atoms with van der Waals surface area (Å²) in [4.78, 5) is 16.7. The predicted molar refractivity (Wildman–Crippen MR) is 76.1 cm³/mol. The molecule has 1 unspecified atom stereocenters. The fraction of sp³-hybridized carbons (Fsp3) is 0.500. The molecular weight excluding hydrogens is 226 g/mol. The van der Waals surface area contributed by atoms with Crippen LogP contribution in [0, 0.1) is 0 Å². The lowest BCUT2D eigenvalue weighted by atomic mass is 10.1. The van der Waals surface area contributed by atoms with Gasteiger partial charge in [-0.05, 0) is 31.0 Å². The molecule has 1 heterocycles. The first-order valence-electron chi connectivity index (χ1n) is 6.71. The van der Waals surface area contributed by atoms with E-state index in [9.17, 15) is 4.79 Å². The Balaban J connectivity index is 2.12. The lowest BCUT2D eigenvalue weighted by Crippen LogP contribution is -2.18. The molecule has 1 aromatic heterocycles. The van der Waals surface area contributed by atoms with Gasteiger partial charge in [0.15, 0.2) is 0 Å². The fourth-order valence-electron chi connectivity index (χ4n) is 2.19. The third-order valence-corrected chi connectivity index (χ3v) is 3.29. The van der Waals surface area contributed by atoms with Gasteiger partial charge in [0.1, 0.15) is 0 Å². The first-order valence-corrected chi connectivity index (χ1v) is 6.71. The average molecular weight is 247 g/mol. The SMILES string of the molecule is CCCCC(CC)Nc1ccc2[nH]c(=O)[nH]c2c1. The minimum Gasteiger partial charge on any atom is -0.382 e. The minimum absolute atomic E-state index is 0.153. The number of nitrogens with one attached hydrogen (secondary N) is 3. The Morgan fingerprint density at radius 3 is 2.72 bits per heavy atom. The molecular formula is C14H21N3O. The molecule has 0 saturated heterocycles. The summed E-state index contributed by atoms with van der Waals surface area (Å²) in [6.45, 7) is 4.41. The van der Waals surface area contributed by atoms with Crippen LogP contribution in [0.25, 0.3) is 11.0 Å². The van der Waals surface area contributed by atoms with E-state index in [2.05, 4.69) is 29.1 Å². The summed E-state index contributed by atoms with van der Waals surface area (Å²) >= 11 is 0. The smallest absolute Gasteiger partial charge is 0.323 e. The Morgan fingerprint density at radius 1 is 1.22 bits per heavy atom. The van der Waals surface area contributed by atoms with E-state index in [1.54, 1.807) is 0 Å². The van der Waals surface area contributed by atoms with Gasteiger partial charge >= 0.3 is 5.69 Å². The second-order valence-corrected chi connectivity index (χ2v) is 4.73. The van der Waals surface area contributed by atoms with Gasteiger partial charge in [-0.3, -0.25) is 0 Å². The van der Waals surface area contributed by atoms with Gasteiger partial charge < -0.3 is 15.3 Å². The van der Waals surface area contributed by atoms with Gasteiger partial charge in [0.2, 0.25) is 0 Å². The first kappa shape index (κ1) is 12.7. The number of anilines is 1. The highest BCUT2D eigenvalue weighted by molar-refractivity contribution is 5.78. The summed E-state index contributed by atoms with van der Waals surface area (Å²) in [6.07, 6.45) is 4.77. The number of benzene rings is 1. The van der Waals surface area contributed by atoms with Crippen LogP contribution >= 0.6 is 0 Å². The molecule has 0 bridgehead atoms. The zero-order chi connectivity index (χ0) is 13.0. The van der Waals surface area contributed by atoms with Crippen molar-refractivity contribution < 1.29 is 0 Å². The maximum atomic E-state index is 11.2. The largest absolute Gasteiger partial charge is 0.382 e. The van der Waals surface area contributed by atoms with E-state index in [0.29, 0.717) is 6.04 Å². The predicted octanol–water partition coefficient (Wildman–Crippen LogP) is 3.24. The summed E-state index contributed by atoms with van der Waals surface area (Å²) in [5.41, 5.74) is 2.63. The zero-order valence-corrected chi connectivity index (χ0v) is 11.0. The van der Waals surface area contributed by atoms with Crippen LogP contribution in [0.15, 0.2) is 23.0 Å². The molecule has 2 rings (SSSR count). The van der Waals surface area contributed by atoms with Crippen molar-refractivity contribution in [1.29, 1.82) is 0 Å². The lowest BCUT2D eigenvalue weighted by molar-refractivity contribution is 0.593. The maximum Gasteiger partial charge on any atom is 0.323 e. The van der Waals surface area contributed by atoms with Gasteiger partial charge in [0.25, 0.3) is 0 Å². The molecule has 0 saturated carbocycles. The zero-order valence-electron chi connectivity index (χ0n) is 11.0. The summed E-state index contributed by atoms with van der Waals surface area (Å²) in [5.74, 6) is 0. The van der Waals surface area contributed by atoms with Gasteiger partial charge in [-0.15, -0.1) is 0 Å². The van der Waals surface area contributed by atoms with E-state index in [1.165, 1.54) is 19.3 Å². The van der Waals surface area contributed by atoms with Crippen molar-refractivity contribution in [3.8, 4) is 0 Å². The third-order valence-electron chi connectivity index (χ3n) is 3.29. The number of unbranched alkanes of at least 4 members (excludes halogenated alkanes) is 1. The van der Waals surface area contributed by atoms with Gasteiger partial charge in [0.05, 0.1) is 11.0 Å². The van der Waals surface area contributed by atoms with Crippen LogP contribution in [0.1, 0.15) is 39.5 Å². The molecule has 0 aliphatic rings. The molecule has 98 valence electrons.